The Morgan fingerprint density at radius 1 is 1.00 bits per heavy atom. The largest absolute Gasteiger partial charge is 0.377 e. The number of nitrogens with one attached hydrogen (secondary N) is 1. The van der Waals surface area contributed by atoms with Gasteiger partial charge in [0.1, 0.15) is 0 Å². The van der Waals surface area contributed by atoms with Crippen LogP contribution < -0.4 is 5.32 Å². The zero-order chi connectivity index (χ0) is 15.5. The van der Waals surface area contributed by atoms with Crippen LogP contribution in [0.2, 0.25) is 0 Å². The van der Waals surface area contributed by atoms with Crippen LogP contribution in [0.25, 0.3) is 0 Å². The van der Waals surface area contributed by atoms with Gasteiger partial charge in [0.25, 0.3) is 0 Å². The van der Waals surface area contributed by atoms with Crippen LogP contribution in [0.3, 0.4) is 0 Å². The summed E-state index contributed by atoms with van der Waals surface area (Å²) in [5, 5.41) is 3.56. The van der Waals surface area contributed by atoms with Crippen molar-refractivity contribution in [3.63, 3.8) is 0 Å². The molecule has 0 amide bonds. The van der Waals surface area contributed by atoms with Gasteiger partial charge in [-0.3, -0.25) is 0 Å². The van der Waals surface area contributed by atoms with Gasteiger partial charge >= 0.3 is 0 Å². The number of ether oxygens (including phenoxy) is 1. The van der Waals surface area contributed by atoms with Crippen molar-refractivity contribution in [2.45, 2.75) is 71.9 Å². The van der Waals surface area contributed by atoms with Gasteiger partial charge in [-0.25, -0.2) is 0 Å². The van der Waals surface area contributed by atoms with E-state index in [4.69, 9.17) is 4.74 Å². The lowest BCUT2D eigenvalue weighted by molar-refractivity contribution is 0.0365. The van der Waals surface area contributed by atoms with Crippen LogP contribution in [0.15, 0.2) is 24.3 Å². The Morgan fingerprint density at radius 2 is 1.71 bits per heavy atom. The molecule has 0 radical (unpaired) electrons. The molecule has 0 aliphatic heterocycles. The molecule has 0 saturated carbocycles. The van der Waals surface area contributed by atoms with Crippen molar-refractivity contribution in [3.8, 4) is 0 Å². The highest BCUT2D eigenvalue weighted by Crippen LogP contribution is 2.20. The van der Waals surface area contributed by atoms with E-state index in [0.717, 1.165) is 19.6 Å². The number of rotatable bonds is 11. The first-order valence-corrected chi connectivity index (χ1v) is 8.66. The first-order valence-electron chi connectivity index (χ1n) is 8.66. The number of hydrogen-bond acceptors (Lipinski definition) is 2. The van der Waals surface area contributed by atoms with Gasteiger partial charge in [0.05, 0.1) is 12.1 Å². The maximum atomic E-state index is 6.05. The van der Waals surface area contributed by atoms with Crippen molar-refractivity contribution in [2.75, 3.05) is 13.2 Å². The summed E-state index contributed by atoms with van der Waals surface area (Å²) in [7, 11) is 0. The maximum absolute atomic E-state index is 6.05. The van der Waals surface area contributed by atoms with Crippen LogP contribution in [-0.4, -0.2) is 19.3 Å². The first-order chi connectivity index (χ1) is 10.2. The summed E-state index contributed by atoms with van der Waals surface area (Å²) in [6.45, 7) is 10.6. The lowest BCUT2D eigenvalue weighted by atomic mass is 10.00. The predicted octanol–water partition coefficient (Wildman–Crippen LogP) is 4.89. The Morgan fingerprint density at radius 3 is 2.29 bits per heavy atom. The van der Waals surface area contributed by atoms with E-state index in [2.05, 4.69) is 57.3 Å². The van der Waals surface area contributed by atoms with Crippen LogP contribution in [0.1, 0.15) is 70.5 Å². The number of hydrogen-bond donors (Lipinski definition) is 1. The van der Waals surface area contributed by atoms with E-state index in [1.54, 1.807) is 0 Å². The Hall–Kier alpha value is -0.860. The second-order valence-electron chi connectivity index (χ2n) is 5.77. The van der Waals surface area contributed by atoms with E-state index in [-0.39, 0.29) is 12.1 Å². The highest BCUT2D eigenvalue weighted by Gasteiger charge is 2.18. The third-order valence-electron chi connectivity index (χ3n) is 4.02. The fourth-order valence-corrected chi connectivity index (χ4v) is 2.63. The van der Waals surface area contributed by atoms with Crippen molar-refractivity contribution >= 4 is 0 Å². The molecule has 0 heterocycles. The molecular weight excluding hydrogens is 258 g/mol. The van der Waals surface area contributed by atoms with E-state index in [1.807, 2.05) is 0 Å². The minimum absolute atomic E-state index is 0.207. The van der Waals surface area contributed by atoms with Gasteiger partial charge in [0.15, 0.2) is 0 Å². The molecule has 120 valence electrons. The summed E-state index contributed by atoms with van der Waals surface area (Å²) in [4.78, 5) is 0. The zero-order valence-electron chi connectivity index (χ0n) is 14.3. The van der Waals surface area contributed by atoms with Crippen LogP contribution in [0.5, 0.6) is 0 Å². The molecule has 2 nitrogen and oxygen atoms in total. The van der Waals surface area contributed by atoms with Gasteiger partial charge in [-0.05, 0) is 37.4 Å². The summed E-state index contributed by atoms with van der Waals surface area (Å²) >= 11 is 0. The molecule has 21 heavy (non-hydrogen) atoms. The van der Waals surface area contributed by atoms with E-state index >= 15 is 0 Å². The van der Waals surface area contributed by atoms with Crippen LogP contribution in [-0.2, 0) is 11.2 Å². The van der Waals surface area contributed by atoms with Crippen LogP contribution in [0.4, 0.5) is 0 Å². The standard InChI is InChI=1S/C19H33NO/c1-5-8-9-10-15-21-16(4)19(20-7-3)18-13-11-17(6-2)12-14-18/h11-14,16,19-20H,5-10,15H2,1-4H3. The third-order valence-corrected chi connectivity index (χ3v) is 4.02. The SMILES string of the molecule is CCCCCCOC(C)C(NCC)c1ccc(CC)cc1. The molecule has 1 aromatic rings. The Bertz CT molecular complexity index is 360. The molecule has 0 fully saturated rings. The second kappa shape index (κ2) is 10.8. The van der Waals surface area contributed by atoms with Crippen molar-refractivity contribution in [1.82, 2.24) is 5.32 Å². The molecule has 1 N–H and O–H groups in total. The number of likely N-dealkylation sites (N-methyl/N-ethyl adjacent to an activating group) is 1. The summed E-state index contributed by atoms with van der Waals surface area (Å²) in [5.41, 5.74) is 2.72. The summed E-state index contributed by atoms with van der Waals surface area (Å²) in [6, 6.07) is 9.22. The minimum Gasteiger partial charge on any atom is -0.377 e. The molecule has 2 heteroatoms. The van der Waals surface area contributed by atoms with E-state index < -0.39 is 0 Å². The van der Waals surface area contributed by atoms with E-state index in [9.17, 15) is 0 Å². The summed E-state index contributed by atoms with van der Waals surface area (Å²) in [6.07, 6.45) is 6.34. The van der Waals surface area contributed by atoms with Crippen molar-refractivity contribution < 1.29 is 4.74 Å². The highest BCUT2D eigenvalue weighted by molar-refractivity contribution is 5.25. The lowest BCUT2D eigenvalue weighted by Gasteiger charge is -2.26. The van der Waals surface area contributed by atoms with Gasteiger partial charge < -0.3 is 10.1 Å². The highest BCUT2D eigenvalue weighted by atomic mass is 16.5. The number of benzene rings is 1. The minimum atomic E-state index is 0.207. The normalized spacial score (nSPS) is 14.1. The molecule has 1 rings (SSSR count). The molecule has 2 unspecified atom stereocenters. The maximum Gasteiger partial charge on any atom is 0.0741 e. The fourth-order valence-electron chi connectivity index (χ4n) is 2.63. The monoisotopic (exact) mass is 291 g/mol. The molecular formula is C19H33NO. The molecule has 0 aromatic heterocycles. The average molecular weight is 291 g/mol. The van der Waals surface area contributed by atoms with E-state index in [1.165, 1.54) is 36.8 Å². The Labute approximate surface area is 131 Å². The van der Waals surface area contributed by atoms with Crippen molar-refractivity contribution in [1.29, 1.82) is 0 Å². The van der Waals surface area contributed by atoms with Crippen LogP contribution >= 0.6 is 0 Å². The molecule has 0 aliphatic rings. The molecule has 0 spiro atoms. The van der Waals surface area contributed by atoms with Crippen molar-refractivity contribution in [2.24, 2.45) is 0 Å². The summed E-state index contributed by atoms with van der Waals surface area (Å²) in [5.74, 6) is 0. The number of aryl methyl sites for hydroxylation is 1. The second-order valence-corrected chi connectivity index (χ2v) is 5.77. The Kier molecular flexibility index (Phi) is 9.36. The molecule has 0 aliphatic carbocycles. The third kappa shape index (κ3) is 6.62. The number of unbranched alkanes of at least 4 members (excludes halogenated alkanes) is 3. The topological polar surface area (TPSA) is 21.3 Å². The quantitative estimate of drug-likeness (QED) is 0.586. The van der Waals surface area contributed by atoms with Gasteiger partial charge in [-0.2, -0.15) is 0 Å². The first kappa shape index (κ1) is 18.2. The van der Waals surface area contributed by atoms with Gasteiger partial charge in [0.2, 0.25) is 0 Å². The van der Waals surface area contributed by atoms with Gasteiger partial charge in [-0.1, -0.05) is 64.3 Å². The molecule has 0 bridgehead atoms. The lowest BCUT2D eigenvalue weighted by Crippen LogP contribution is -2.32. The predicted molar refractivity (Wildman–Crippen MR) is 91.8 cm³/mol. The van der Waals surface area contributed by atoms with Crippen molar-refractivity contribution in [3.05, 3.63) is 35.4 Å². The van der Waals surface area contributed by atoms with Crippen LogP contribution in [0, 0.1) is 0 Å². The molecule has 1 aromatic carbocycles. The summed E-state index contributed by atoms with van der Waals surface area (Å²) < 4.78 is 6.05. The van der Waals surface area contributed by atoms with Gasteiger partial charge in [0, 0.05) is 6.61 Å². The zero-order valence-corrected chi connectivity index (χ0v) is 14.3. The average Bonchev–Trinajstić information content (AvgIpc) is 2.52. The van der Waals surface area contributed by atoms with E-state index in [0.29, 0.717) is 0 Å². The van der Waals surface area contributed by atoms with Gasteiger partial charge in [-0.15, -0.1) is 0 Å². The smallest absolute Gasteiger partial charge is 0.0741 e. The molecule has 0 saturated heterocycles. The molecule has 2 atom stereocenters. The Balaban J connectivity index is 2.53. The fraction of sp³-hybridized carbons (Fsp3) is 0.684.